The predicted octanol–water partition coefficient (Wildman–Crippen LogP) is 18.9. The molecule has 0 bridgehead atoms. The molecule has 0 saturated carbocycles. The van der Waals surface area contributed by atoms with Gasteiger partial charge in [0.1, 0.15) is 6.61 Å². The molecule has 0 aliphatic heterocycles. The molecule has 0 N–H and O–H groups in total. The molecule has 5 nitrogen and oxygen atoms in total. The summed E-state index contributed by atoms with van der Waals surface area (Å²) in [6, 6.07) is 0. The molecule has 0 rings (SSSR count). The van der Waals surface area contributed by atoms with Gasteiger partial charge in [-0.25, -0.2) is 0 Å². The highest BCUT2D eigenvalue weighted by Crippen LogP contribution is 2.15. The summed E-state index contributed by atoms with van der Waals surface area (Å²) < 4.78 is 17.4. The number of ether oxygens (including phenoxy) is 3. The van der Waals surface area contributed by atoms with Gasteiger partial charge in [-0.2, -0.15) is 0 Å². The molecular weight excluding hydrogens is 789 g/mol. The van der Waals surface area contributed by atoms with Crippen LogP contribution in [0, 0.1) is 0 Å². The van der Waals surface area contributed by atoms with Gasteiger partial charge in [-0.05, 0) is 83.5 Å². The van der Waals surface area contributed by atoms with Crippen LogP contribution < -0.4 is 0 Å². The molecule has 0 heterocycles. The first-order valence-electron chi connectivity index (χ1n) is 27.8. The maximum atomic E-state index is 12.8. The molecule has 0 saturated heterocycles. The summed E-state index contributed by atoms with van der Waals surface area (Å²) in [5.41, 5.74) is 0. The Hall–Kier alpha value is -2.40. The second-order valence-corrected chi connectivity index (χ2v) is 18.5. The lowest BCUT2D eigenvalue weighted by Crippen LogP contribution is -2.30. The number of hydrogen-bond donors (Lipinski definition) is 0. The van der Waals surface area contributed by atoms with E-state index in [1.807, 2.05) is 0 Å². The van der Waals surface area contributed by atoms with Crippen LogP contribution in [0.2, 0.25) is 0 Å². The molecule has 372 valence electrons. The van der Waals surface area contributed by atoms with Gasteiger partial charge in [0.2, 0.25) is 0 Å². The minimum absolute atomic E-state index is 0.0728. The smallest absolute Gasteiger partial charge is 0.306 e. The number of carbonyl (C=O) groups is 2. The Morgan fingerprint density at radius 2 is 0.703 bits per heavy atom. The van der Waals surface area contributed by atoms with Crippen molar-refractivity contribution in [3.05, 3.63) is 60.8 Å². The molecule has 0 aromatic carbocycles. The fourth-order valence-corrected chi connectivity index (χ4v) is 7.91. The number of carbonyl (C=O) groups excluding carboxylic acids is 2. The van der Waals surface area contributed by atoms with Gasteiger partial charge in [0.15, 0.2) is 6.10 Å². The summed E-state index contributed by atoms with van der Waals surface area (Å²) in [6.45, 7) is 7.71. The maximum Gasteiger partial charge on any atom is 0.306 e. The van der Waals surface area contributed by atoms with Gasteiger partial charge in [-0.3, -0.25) is 9.59 Å². The Morgan fingerprint density at radius 3 is 1.16 bits per heavy atom. The van der Waals surface area contributed by atoms with E-state index in [1.54, 1.807) is 0 Å². The molecule has 0 fully saturated rings. The molecule has 1 atom stereocenters. The normalized spacial score (nSPS) is 12.6. The third-order valence-electron chi connectivity index (χ3n) is 12.0. The summed E-state index contributed by atoms with van der Waals surface area (Å²) in [5.74, 6) is -0.418. The molecule has 0 unspecified atom stereocenters. The van der Waals surface area contributed by atoms with Crippen LogP contribution in [0.3, 0.4) is 0 Å². The predicted molar refractivity (Wildman–Crippen MR) is 279 cm³/mol. The molecule has 0 spiro atoms. The minimum Gasteiger partial charge on any atom is -0.462 e. The van der Waals surface area contributed by atoms with Gasteiger partial charge in [-0.15, -0.1) is 0 Å². The van der Waals surface area contributed by atoms with E-state index in [9.17, 15) is 9.59 Å². The second-order valence-electron chi connectivity index (χ2n) is 18.5. The lowest BCUT2D eigenvalue weighted by molar-refractivity contribution is -0.163. The van der Waals surface area contributed by atoms with Crippen molar-refractivity contribution in [2.24, 2.45) is 0 Å². The van der Waals surface area contributed by atoms with E-state index in [0.717, 1.165) is 89.9 Å². The SMILES string of the molecule is CC/C=C\C/C=C\C/C=C\C/C=C\CCCCCCC(=O)OC[C@@H](COCCCCCCCCCCCCCCCCCC)OC(=O)CCCCCCCCC/C=C\CCCCCC. The molecular formula is C59H106O5. The van der Waals surface area contributed by atoms with Gasteiger partial charge < -0.3 is 14.2 Å². The number of allylic oxidation sites excluding steroid dienone is 10. The number of hydrogen-bond acceptors (Lipinski definition) is 5. The topological polar surface area (TPSA) is 61.8 Å². The average Bonchev–Trinajstić information content (AvgIpc) is 3.30. The summed E-state index contributed by atoms with van der Waals surface area (Å²) in [7, 11) is 0. The Kier molecular flexibility index (Phi) is 52.9. The van der Waals surface area contributed by atoms with Crippen LogP contribution >= 0.6 is 0 Å². The van der Waals surface area contributed by atoms with Crippen LogP contribution in [-0.2, 0) is 23.8 Å². The van der Waals surface area contributed by atoms with E-state index in [1.165, 1.54) is 154 Å². The fraction of sp³-hybridized carbons (Fsp3) is 0.797. The largest absolute Gasteiger partial charge is 0.462 e. The van der Waals surface area contributed by atoms with Gasteiger partial charge in [-0.1, -0.05) is 242 Å². The third kappa shape index (κ3) is 52.2. The molecule has 0 radical (unpaired) electrons. The minimum atomic E-state index is -0.547. The molecule has 64 heavy (non-hydrogen) atoms. The lowest BCUT2D eigenvalue weighted by atomic mass is 10.0. The number of esters is 2. The van der Waals surface area contributed by atoms with Crippen molar-refractivity contribution in [1.82, 2.24) is 0 Å². The van der Waals surface area contributed by atoms with E-state index in [4.69, 9.17) is 14.2 Å². The van der Waals surface area contributed by atoms with Gasteiger partial charge in [0.05, 0.1) is 6.61 Å². The molecule has 0 aliphatic carbocycles. The van der Waals surface area contributed by atoms with Gasteiger partial charge >= 0.3 is 11.9 Å². The van der Waals surface area contributed by atoms with E-state index in [2.05, 4.69) is 81.5 Å². The van der Waals surface area contributed by atoms with Crippen molar-refractivity contribution in [1.29, 1.82) is 0 Å². The van der Waals surface area contributed by atoms with Gasteiger partial charge in [0.25, 0.3) is 0 Å². The Labute approximate surface area is 398 Å². The highest BCUT2D eigenvalue weighted by molar-refractivity contribution is 5.70. The van der Waals surface area contributed by atoms with Crippen molar-refractivity contribution in [3.63, 3.8) is 0 Å². The number of rotatable bonds is 51. The first-order chi connectivity index (χ1) is 31.6. The zero-order valence-corrected chi connectivity index (χ0v) is 42.8. The van der Waals surface area contributed by atoms with E-state index < -0.39 is 6.10 Å². The summed E-state index contributed by atoms with van der Waals surface area (Å²) in [4.78, 5) is 25.5. The zero-order valence-electron chi connectivity index (χ0n) is 42.8. The fourth-order valence-electron chi connectivity index (χ4n) is 7.91. The highest BCUT2D eigenvalue weighted by Gasteiger charge is 2.17. The van der Waals surface area contributed by atoms with Crippen LogP contribution in [0.4, 0.5) is 0 Å². The molecule has 0 amide bonds. The molecule has 0 aromatic rings. The maximum absolute atomic E-state index is 12.8. The van der Waals surface area contributed by atoms with Crippen molar-refractivity contribution in [3.8, 4) is 0 Å². The van der Waals surface area contributed by atoms with Crippen LogP contribution in [0.5, 0.6) is 0 Å². The van der Waals surface area contributed by atoms with Gasteiger partial charge in [0, 0.05) is 19.4 Å². The average molecular weight is 895 g/mol. The van der Waals surface area contributed by atoms with Crippen LogP contribution in [0.25, 0.3) is 0 Å². The Morgan fingerprint density at radius 1 is 0.359 bits per heavy atom. The Balaban J connectivity index is 4.30. The van der Waals surface area contributed by atoms with E-state index in [0.29, 0.717) is 19.4 Å². The third-order valence-corrected chi connectivity index (χ3v) is 12.0. The monoisotopic (exact) mass is 895 g/mol. The molecule has 5 heteroatoms. The molecule has 0 aliphatic rings. The zero-order chi connectivity index (χ0) is 46.3. The van der Waals surface area contributed by atoms with Crippen molar-refractivity contribution >= 4 is 11.9 Å². The quantitative estimate of drug-likeness (QED) is 0.0346. The standard InChI is InChI=1S/C59H106O5/c1-4-7-10-13-16-19-22-25-28-30-32-34-37-40-43-46-49-52-58(60)63-56-57(55-62-54-51-48-45-42-39-36-33-29-26-23-20-17-14-11-8-5-2)64-59(61)53-50-47-44-41-38-35-31-27-24-21-18-15-12-9-6-3/h7,10,16,19,21,24-25,28,32,34,57H,4-6,8-9,11-15,17-18,20,22-23,26-27,29-31,33,35-56H2,1-3H3/b10-7-,19-16-,24-21-,28-25-,34-32-/t57-/m1/s1. The summed E-state index contributed by atoms with van der Waals surface area (Å²) in [6.07, 6.45) is 69.5. The van der Waals surface area contributed by atoms with Crippen molar-refractivity contribution < 1.29 is 23.8 Å². The first-order valence-corrected chi connectivity index (χ1v) is 27.8. The van der Waals surface area contributed by atoms with Crippen LogP contribution in [0.1, 0.15) is 278 Å². The van der Waals surface area contributed by atoms with Crippen LogP contribution in [-0.4, -0.2) is 37.9 Å². The van der Waals surface area contributed by atoms with Crippen molar-refractivity contribution in [2.45, 2.75) is 284 Å². The Bertz CT molecular complexity index is 1100. The highest BCUT2D eigenvalue weighted by atomic mass is 16.6. The summed E-state index contributed by atoms with van der Waals surface area (Å²) in [5, 5.41) is 0. The molecule has 0 aromatic heterocycles. The second kappa shape index (κ2) is 54.9. The van der Waals surface area contributed by atoms with Crippen LogP contribution in [0.15, 0.2) is 60.8 Å². The summed E-state index contributed by atoms with van der Waals surface area (Å²) >= 11 is 0. The van der Waals surface area contributed by atoms with E-state index in [-0.39, 0.29) is 25.2 Å². The lowest BCUT2D eigenvalue weighted by Gasteiger charge is -2.18. The van der Waals surface area contributed by atoms with E-state index >= 15 is 0 Å². The first kappa shape index (κ1) is 61.6. The van der Waals surface area contributed by atoms with Crippen molar-refractivity contribution in [2.75, 3.05) is 19.8 Å². The number of unbranched alkanes of at least 4 members (excludes halogenated alkanes) is 30.